The number of rotatable bonds is 19. The summed E-state index contributed by atoms with van der Waals surface area (Å²) in [5, 5.41) is 3.03. The van der Waals surface area contributed by atoms with E-state index in [0.29, 0.717) is 44.6 Å². The smallest absolute Gasteiger partial charge is 0.335 e. The van der Waals surface area contributed by atoms with Gasteiger partial charge in [0.25, 0.3) is 23.6 Å². The van der Waals surface area contributed by atoms with E-state index in [1.807, 2.05) is 0 Å². The molecule has 2 aliphatic heterocycles. The normalized spacial score (nSPS) is 14.9. The van der Waals surface area contributed by atoms with Gasteiger partial charge in [-0.15, -0.1) is 0 Å². The Hall–Kier alpha value is -3.46. The van der Waals surface area contributed by atoms with Crippen molar-refractivity contribution in [2.75, 3.05) is 65.9 Å². The van der Waals surface area contributed by atoms with Gasteiger partial charge in [-0.25, -0.2) is 4.79 Å². The minimum absolute atomic E-state index is 0.0286. The summed E-state index contributed by atoms with van der Waals surface area (Å²) in [5.41, 5.74) is 0. The fourth-order valence-corrected chi connectivity index (χ4v) is 2.76. The molecule has 14 nitrogen and oxygen atoms in total. The first-order valence-corrected chi connectivity index (χ1v) is 11.3. The highest BCUT2D eigenvalue weighted by Gasteiger charge is 2.27. The van der Waals surface area contributed by atoms with E-state index < -0.39 is 29.6 Å². The van der Waals surface area contributed by atoms with Gasteiger partial charge >= 0.3 is 5.97 Å². The van der Waals surface area contributed by atoms with Crippen LogP contribution in [0.5, 0.6) is 0 Å². The molecule has 2 rings (SSSR count). The maximum Gasteiger partial charge on any atom is 0.335 e. The number of nitrogens with one attached hydrogen (secondary N) is 1. The molecule has 198 valence electrons. The van der Waals surface area contributed by atoms with Crippen molar-refractivity contribution in [3.8, 4) is 0 Å². The van der Waals surface area contributed by atoms with E-state index in [-0.39, 0.29) is 45.1 Å². The lowest BCUT2D eigenvalue weighted by atomic mass is 10.3. The molecule has 5 amide bonds. The highest BCUT2D eigenvalue weighted by molar-refractivity contribution is 6.13. The molecule has 0 unspecified atom stereocenters. The van der Waals surface area contributed by atoms with Gasteiger partial charge in [0.05, 0.1) is 59.3 Å². The second-order valence-electron chi connectivity index (χ2n) is 7.23. The number of hydrogen-bond acceptors (Lipinski definition) is 11. The van der Waals surface area contributed by atoms with Crippen molar-refractivity contribution in [1.29, 1.82) is 0 Å². The Bertz CT molecular complexity index is 835. The molecule has 0 fully saturated rings. The van der Waals surface area contributed by atoms with Crippen LogP contribution in [0.2, 0.25) is 0 Å². The van der Waals surface area contributed by atoms with Crippen molar-refractivity contribution in [2.24, 2.45) is 0 Å². The van der Waals surface area contributed by atoms with Gasteiger partial charge < -0.3 is 29.1 Å². The molecule has 1 N–H and O–H groups in total. The number of hydroxylamine groups is 2. The molecule has 36 heavy (non-hydrogen) atoms. The van der Waals surface area contributed by atoms with Gasteiger partial charge in [0, 0.05) is 43.8 Å². The number of nitrogens with zero attached hydrogens (tertiary/aromatic N) is 2. The molecule has 0 aromatic rings. The summed E-state index contributed by atoms with van der Waals surface area (Å²) in [6.45, 7) is 2.58. The largest absolute Gasteiger partial charge is 0.378 e. The number of carbonyl (C=O) groups excluding carboxylic acids is 6. The molecule has 0 spiro atoms. The van der Waals surface area contributed by atoms with Crippen molar-refractivity contribution in [3.05, 3.63) is 24.3 Å². The predicted molar refractivity (Wildman–Crippen MR) is 118 cm³/mol. The maximum atomic E-state index is 11.7. The lowest BCUT2D eigenvalue weighted by molar-refractivity contribution is -0.196. The fraction of sp³-hybridized carbons (Fsp3) is 0.545. The molecule has 0 saturated carbocycles. The topological polar surface area (TPSA) is 167 Å². The van der Waals surface area contributed by atoms with Crippen LogP contribution in [-0.2, 0) is 52.6 Å². The van der Waals surface area contributed by atoms with Crippen molar-refractivity contribution >= 4 is 35.5 Å². The number of ether oxygens (including phenoxy) is 4. The van der Waals surface area contributed by atoms with Gasteiger partial charge in [-0.1, -0.05) is 5.06 Å². The number of imide groups is 2. The summed E-state index contributed by atoms with van der Waals surface area (Å²) in [7, 11) is 0. The Morgan fingerprint density at radius 1 is 0.639 bits per heavy atom. The minimum Gasteiger partial charge on any atom is -0.378 e. The van der Waals surface area contributed by atoms with Gasteiger partial charge in [0.15, 0.2) is 0 Å². The van der Waals surface area contributed by atoms with Crippen LogP contribution in [0.4, 0.5) is 0 Å². The number of carbonyl (C=O) groups is 6. The Labute approximate surface area is 207 Å². The Morgan fingerprint density at radius 2 is 1.11 bits per heavy atom. The average molecular weight is 511 g/mol. The Balaban J connectivity index is 1.29. The van der Waals surface area contributed by atoms with Crippen LogP contribution < -0.4 is 5.32 Å². The van der Waals surface area contributed by atoms with Crippen LogP contribution in [0.15, 0.2) is 24.3 Å². The standard InChI is InChI=1S/C22H29N3O11/c26-17(5-8-24-18(27)1-2-19(24)28)23-7-10-33-12-14-35-16-15-34-13-11-32-9-6-22(31)36-25-20(29)3-4-21(25)30/h1-4H,5-16H2,(H,23,26). The fourth-order valence-electron chi connectivity index (χ4n) is 2.76. The molecule has 2 aliphatic rings. The third-order valence-corrected chi connectivity index (χ3v) is 4.56. The van der Waals surface area contributed by atoms with Crippen LogP contribution in [0.25, 0.3) is 0 Å². The Kier molecular flexibility index (Phi) is 13.0. The van der Waals surface area contributed by atoms with Gasteiger partial charge in [0.2, 0.25) is 5.91 Å². The first kappa shape index (κ1) is 28.8. The summed E-state index contributed by atoms with van der Waals surface area (Å²) in [6, 6.07) is 0. The van der Waals surface area contributed by atoms with Crippen LogP contribution >= 0.6 is 0 Å². The van der Waals surface area contributed by atoms with Crippen molar-refractivity contribution in [1.82, 2.24) is 15.3 Å². The van der Waals surface area contributed by atoms with Crippen LogP contribution in [0.1, 0.15) is 12.8 Å². The number of hydrogen-bond donors (Lipinski definition) is 1. The zero-order chi connectivity index (χ0) is 26.2. The highest BCUT2D eigenvalue weighted by atomic mass is 16.7. The lowest BCUT2D eigenvalue weighted by Gasteiger charge is -2.13. The summed E-state index contributed by atoms with van der Waals surface area (Å²) < 4.78 is 21.2. The summed E-state index contributed by atoms with van der Waals surface area (Å²) in [5.74, 6) is -3.28. The van der Waals surface area contributed by atoms with E-state index in [0.717, 1.165) is 17.1 Å². The molecule has 2 heterocycles. The zero-order valence-corrected chi connectivity index (χ0v) is 19.7. The second-order valence-corrected chi connectivity index (χ2v) is 7.23. The molecule has 0 aliphatic carbocycles. The molecular weight excluding hydrogens is 482 g/mol. The van der Waals surface area contributed by atoms with Gasteiger partial charge in [-0.2, -0.15) is 0 Å². The summed E-state index contributed by atoms with van der Waals surface area (Å²) >= 11 is 0. The van der Waals surface area contributed by atoms with E-state index in [2.05, 4.69) is 10.2 Å². The van der Waals surface area contributed by atoms with Crippen molar-refractivity contribution in [2.45, 2.75) is 12.8 Å². The molecule has 0 aromatic heterocycles. The minimum atomic E-state index is -0.759. The van der Waals surface area contributed by atoms with E-state index in [1.54, 1.807) is 0 Å². The Morgan fingerprint density at radius 3 is 1.67 bits per heavy atom. The molecule has 0 saturated heterocycles. The third kappa shape index (κ3) is 10.9. The van der Waals surface area contributed by atoms with Gasteiger partial charge in [0.1, 0.15) is 0 Å². The van der Waals surface area contributed by atoms with Crippen LogP contribution in [-0.4, -0.2) is 111 Å². The van der Waals surface area contributed by atoms with E-state index in [9.17, 15) is 28.8 Å². The van der Waals surface area contributed by atoms with Gasteiger partial charge in [-0.3, -0.25) is 28.9 Å². The van der Waals surface area contributed by atoms with Crippen molar-refractivity contribution < 1.29 is 52.6 Å². The second kappa shape index (κ2) is 16.3. The summed E-state index contributed by atoms with van der Waals surface area (Å²) in [4.78, 5) is 74.2. The summed E-state index contributed by atoms with van der Waals surface area (Å²) in [6.07, 6.45) is 4.27. The molecule has 0 atom stereocenters. The highest BCUT2D eigenvalue weighted by Crippen LogP contribution is 2.05. The first-order chi connectivity index (χ1) is 17.4. The SMILES string of the molecule is O=C(CCN1C(=O)C=CC1=O)NCCOCCOCCOCCOCCC(=O)ON1C(=O)C=CC1=O. The maximum absolute atomic E-state index is 11.7. The van der Waals surface area contributed by atoms with E-state index in [4.69, 9.17) is 18.9 Å². The van der Waals surface area contributed by atoms with Crippen LogP contribution in [0, 0.1) is 0 Å². The quantitative estimate of drug-likeness (QED) is 0.154. The van der Waals surface area contributed by atoms with Gasteiger partial charge in [-0.05, 0) is 0 Å². The number of amides is 5. The molecule has 0 aromatic carbocycles. The monoisotopic (exact) mass is 511 g/mol. The first-order valence-electron chi connectivity index (χ1n) is 11.3. The third-order valence-electron chi connectivity index (χ3n) is 4.56. The molecule has 0 bridgehead atoms. The predicted octanol–water partition coefficient (Wildman–Crippen LogP) is -1.74. The molecule has 14 heteroatoms. The molecule has 0 radical (unpaired) electrons. The van der Waals surface area contributed by atoms with E-state index >= 15 is 0 Å². The van der Waals surface area contributed by atoms with E-state index in [1.165, 1.54) is 12.2 Å². The molecular formula is C22H29N3O11. The van der Waals surface area contributed by atoms with Crippen molar-refractivity contribution in [3.63, 3.8) is 0 Å². The lowest BCUT2D eigenvalue weighted by Crippen LogP contribution is -2.35. The van der Waals surface area contributed by atoms with Crippen LogP contribution in [0.3, 0.4) is 0 Å². The zero-order valence-electron chi connectivity index (χ0n) is 19.7. The average Bonchev–Trinajstić information content (AvgIpc) is 3.34.